The number of hydrogen-bond acceptors (Lipinski definition) is 15. The van der Waals surface area contributed by atoms with Gasteiger partial charge in [0, 0.05) is 19.4 Å². The average Bonchev–Trinajstić information content (AvgIpc) is 3.06. The minimum absolute atomic E-state index is 0.0563. The average molecular weight is 730 g/mol. The quantitative estimate of drug-likeness (QED) is 0.0690. The number of carbonyl (C=O) groups is 3. The third-order valence-electron chi connectivity index (χ3n) is 5.77. The molecule has 0 bridgehead atoms. The molecule has 0 rings (SSSR count). The first-order valence-electron chi connectivity index (χ1n) is 17.3. The number of ether oxygens (including phenoxy) is 12. The second-order valence-electron chi connectivity index (χ2n) is 11.4. The molecule has 0 aromatic carbocycles. The molecule has 0 unspecified atom stereocenters. The van der Waals surface area contributed by atoms with Crippen LogP contribution in [-0.2, 0) is 66.4 Å². The molecule has 0 heterocycles. The Morgan fingerprint density at radius 2 is 0.760 bits per heavy atom. The van der Waals surface area contributed by atoms with Crippen LogP contribution in [0.25, 0.3) is 0 Å². The third-order valence-corrected chi connectivity index (χ3v) is 5.77. The van der Waals surface area contributed by atoms with Crippen molar-refractivity contribution in [3.05, 3.63) is 0 Å². The van der Waals surface area contributed by atoms with Gasteiger partial charge in [0.25, 0.3) is 0 Å². The van der Waals surface area contributed by atoms with Crippen LogP contribution < -0.4 is 5.32 Å². The van der Waals surface area contributed by atoms with Crippen LogP contribution in [0.1, 0.15) is 46.5 Å². The van der Waals surface area contributed by atoms with Gasteiger partial charge in [-0.05, 0) is 33.6 Å². The summed E-state index contributed by atoms with van der Waals surface area (Å²) in [6.07, 6.45) is 0.759. The van der Waals surface area contributed by atoms with E-state index < -0.39 is 17.7 Å². The number of carboxylic acids is 1. The summed E-state index contributed by atoms with van der Waals surface area (Å²) < 4.78 is 64.4. The van der Waals surface area contributed by atoms with E-state index in [-0.39, 0.29) is 32.0 Å². The van der Waals surface area contributed by atoms with Gasteiger partial charge in [0.05, 0.1) is 132 Å². The van der Waals surface area contributed by atoms with E-state index in [0.29, 0.717) is 145 Å². The van der Waals surface area contributed by atoms with E-state index in [1.54, 1.807) is 0 Å². The van der Waals surface area contributed by atoms with E-state index in [4.69, 9.17) is 61.9 Å². The Bertz CT molecular complexity index is 783. The van der Waals surface area contributed by atoms with Crippen molar-refractivity contribution in [2.75, 3.05) is 145 Å². The number of aliphatic carboxylic acids is 1. The van der Waals surface area contributed by atoms with Gasteiger partial charge in [0.2, 0.25) is 0 Å². The molecule has 0 atom stereocenters. The zero-order valence-corrected chi connectivity index (χ0v) is 30.5. The van der Waals surface area contributed by atoms with Crippen LogP contribution >= 0.6 is 0 Å². The highest BCUT2D eigenvalue weighted by molar-refractivity contribution is 5.69. The van der Waals surface area contributed by atoms with E-state index in [1.807, 2.05) is 20.8 Å². The van der Waals surface area contributed by atoms with Crippen molar-refractivity contribution in [2.24, 2.45) is 0 Å². The predicted molar refractivity (Wildman–Crippen MR) is 179 cm³/mol. The normalized spacial score (nSPS) is 11.5. The number of carbonyl (C=O) groups excluding carboxylic acids is 2. The van der Waals surface area contributed by atoms with Gasteiger partial charge < -0.3 is 67.3 Å². The molecule has 0 saturated heterocycles. The summed E-state index contributed by atoms with van der Waals surface area (Å²) in [7, 11) is 0. The molecule has 17 heteroatoms. The van der Waals surface area contributed by atoms with E-state index in [0.717, 1.165) is 0 Å². The lowest BCUT2D eigenvalue weighted by atomic mass is 10.2. The molecule has 0 aliphatic rings. The Kier molecular flexibility index (Phi) is 35.0. The molecule has 0 saturated carbocycles. The summed E-state index contributed by atoms with van der Waals surface area (Å²) in [5, 5.41) is 11.2. The Hall–Kier alpha value is -2.19. The van der Waals surface area contributed by atoms with Gasteiger partial charge in [-0.15, -0.1) is 0 Å². The summed E-state index contributed by atoms with van der Waals surface area (Å²) in [4.78, 5) is 33.4. The smallest absolute Gasteiger partial charge is 0.407 e. The van der Waals surface area contributed by atoms with Gasteiger partial charge in [-0.25, -0.2) is 4.79 Å². The highest BCUT2D eigenvalue weighted by Gasteiger charge is 2.15. The zero-order valence-electron chi connectivity index (χ0n) is 30.5. The SMILES string of the molecule is CC(C)(C)OC(=O)NCCOCCOCCOCCOCCOCCOCCOCCOCCOCCOCCOC(=O)CCCCC(=O)O. The molecule has 0 aliphatic carbocycles. The topological polar surface area (TPSA) is 194 Å². The molecule has 0 aromatic rings. The van der Waals surface area contributed by atoms with Crippen LogP contribution in [0.3, 0.4) is 0 Å². The van der Waals surface area contributed by atoms with Crippen LogP contribution in [-0.4, -0.2) is 174 Å². The summed E-state index contributed by atoms with van der Waals surface area (Å²) in [6.45, 7) is 14.8. The fourth-order valence-electron chi connectivity index (χ4n) is 3.45. The van der Waals surface area contributed by atoms with E-state index in [1.165, 1.54) is 0 Å². The van der Waals surface area contributed by atoms with Gasteiger partial charge in [0.15, 0.2) is 0 Å². The number of alkyl carbamates (subject to hydrolysis) is 1. The second-order valence-corrected chi connectivity index (χ2v) is 11.4. The Labute approximate surface area is 297 Å². The second kappa shape index (κ2) is 36.6. The van der Waals surface area contributed by atoms with E-state index in [9.17, 15) is 14.4 Å². The number of amides is 1. The summed E-state index contributed by atoms with van der Waals surface area (Å²) >= 11 is 0. The number of rotatable bonds is 38. The highest BCUT2D eigenvalue weighted by atomic mass is 16.6. The molecule has 0 fully saturated rings. The van der Waals surface area contributed by atoms with Crippen molar-refractivity contribution in [1.29, 1.82) is 0 Å². The molecule has 0 aromatic heterocycles. The summed E-state index contributed by atoms with van der Waals surface area (Å²) in [5.41, 5.74) is -0.519. The van der Waals surface area contributed by atoms with E-state index in [2.05, 4.69) is 5.32 Å². The number of unbranched alkanes of at least 4 members (excludes halogenated alkanes) is 1. The predicted octanol–water partition coefficient (Wildman–Crippen LogP) is 1.87. The van der Waals surface area contributed by atoms with Crippen LogP contribution in [0.5, 0.6) is 0 Å². The largest absolute Gasteiger partial charge is 0.481 e. The maximum absolute atomic E-state index is 11.5. The van der Waals surface area contributed by atoms with Crippen LogP contribution in [0, 0.1) is 0 Å². The number of nitrogens with one attached hydrogen (secondary N) is 1. The molecule has 0 spiro atoms. The molecule has 296 valence electrons. The minimum Gasteiger partial charge on any atom is -0.481 e. The fourth-order valence-corrected chi connectivity index (χ4v) is 3.45. The van der Waals surface area contributed by atoms with Crippen LogP contribution in [0.15, 0.2) is 0 Å². The maximum atomic E-state index is 11.5. The van der Waals surface area contributed by atoms with Crippen LogP contribution in [0.4, 0.5) is 4.79 Å². The number of carboxylic acid groups (broad SMARTS) is 1. The van der Waals surface area contributed by atoms with Crippen molar-refractivity contribution < 1.29 is 76.3 Å². The molecule has 0 aliphatic heterocycles. The summed E-state index contributed by atoms with van der Waals surface area (Å²) in [5.74, 6) is -1.22. The first kappa shape index (κ1) is 47.8. The van der Waals surface area contributed by atoms with Crippen molar-refractivity contribution in [2.45, 2.75) is 52.1 Å². The number of esters is 1. The Morgan fingerprint density at radius 1 is 0.460 bits per heavy atom. The molecule has 17 nitrogen and oxygen atoms in total. The minimum atomic E-state index is -0.866. The summed E-state index contributed by atoms with van der Waals surface area (Å²) in [6, 6.07) is 0. The Morgan fingerprint density at radius 3 is 1.08 bits per heavy atom. The van der Waals surface area contributed by atoms with Crippen molar-refractivity contribution in [3.63, 3.8) is 0 Å². The van der Waals surface area contributed by atoms with Crippen molar-refractivity contribution in [1.82, 2.24) is 5.32 Å². The van der Waals surface area contributed by atoms with Gasteiger partial charge in [-0.3, -0.25) is 9.59 Å². The zero-order chi connectivity index (χ0) is 36.8. The molecule has 2 N–H and O–H groups in total. The van der Waals surface area contributed by atoms with E-state index >= 15 is 0 Å². The van der Waals surface area contributed by atoms with Crippen molar-refractivity contribution >= 4 is 18.0 Å². The third kappa shape index (κ3) is 42.0. The fraction of sp³-hybridized carbons (Fsp3) is 0.909. The molecule has 0 radical (unpaired) electrons. The van der Waals surface area contributed by atoms with Gasteiger partial charge in [0.1, 0.15) is 12.2 Å². The first-order chi connectivity index (χ1) is 24.2. The van der Waals surface area contributed by atoms with Gasteiger partial charge in [-0.1, -0.05) is 0 Å². The number of hydrogen-bond donors (Lipinski definition) is 2. The lowest BCUT2D eigenvalue weighted by Gasteiger charge is -2.19. The Balaban J connectivity index is 3.14. The lowest BCUT2D eigenvalue weighted by Crippen LogP contribution is -2.34. The maximum Gasteiger partial charge on any atom is 0.407 e. The molecular formula is C33H63NO16. The monoisotopic (exact) mass is 729 g/mol. The van der Waals surface area contributed by atoms with Gasteiger partial charge in [-0.2, -0.15) is 0 Å². The molecular weight excluding hydrogens is 666 g/mol. The standard InChI is InChI=1S/C33H63NO16/c1-33(2,3)50-32(38)34-8-9-39-10-11-40-12-13-41-14-15-42-16-17-43-18-19-44-20-21-45-22-23-46-24-25-47-26-27-48-28-29-49-31(37)7-5-4-6-30(35)36/h4-29H2,1-3H3,(H,34,38)(H,35,36). The van der Waals surface area contributed by atoms with Crippen molar-refractivity contribution in [3.8, 4) is 0 Å². The lowest BCUT2D eigenvalue weighted by molar-refractivity contribution is -0.146. The first-order valence-corrected chi connectivity index (χ1v) is 17.3. The van der Waals surface area contributed by atoms with Gasteiger partial charge >= 0.3 is 18.0 Å². The molecule has 50 heavy (non-hydrogen) atoms. The highest BCUT2D eigenvalue weighted by Crippen LogP contribution is 2.06. The van der Waals surface area contributed by atoms with Crippen LogP contribution in [0.2, 0.25) is 0 Å². The molecule has 1 amide bonds.